The third-order valence-corrected chi connectivity index (χ3v) is 4.60. The van der Waals surface area contributed by atoms with Gasteiger partial charge in [0.15, 0.2) is 0 Å². The molecule has 1 aliphatic rings. The van der Waals surface area contributed by atoms with Crippen molar-refractivity contribution in [1.29, 1.82) is 0 Å². The number of anilines is 1. The van der Waals surface area contributed by atoms with E-state index >= 15 is 0 Å². The molecule has 140 valence electrons. The van der Waals surface area contributed by atoms with Crippen molar-refractivity contribution < 1.29 is 24.6 Å². The second-order valence-corrected chi connectivity index (χ2v) is 6.58. The highest BCUT2D eigenvalue weighted by Gasteiger charge is 2.35. The van der Waals surface area contributed by atoms with Crippen LogP contribution < -0.4 is 5.32 Å². The van der Waals surface area contributed by atoms with E-state index in [1.165, 1.54) is 23.1 Å². The first kappa shape index (κ1) is 18.9. The molecule has 1 unspecified atom stereocenters. The molecule has 0 aromatic heterocycles. The summed E-state index contributed by atoms with van der Waals surface area (Å²) in [6, 6.07) is 9.82. The lowest BCUT2D eigenvalue weighted by atomic mass is 10.1. The number of fused-ring (bicyclic) bond motifs is 1. The second kappa shape index (κ2) is 7.77. The van der Waals surface area contributed by atoms with E-state index in [0.29, 0.717) is 21.8 Å². The molecule has 3 N–H and O–H groups in total. The Morgan fingerprint density at radius 3 is 2.48 bits per heavy atom. The molecule has 1 heterocycles. The van der Waals surface area contributed by atoms with E-state index in [0.717, 1.165) is 0 Å². The van der Waals surface area contributed by atoms with Gasteiger partial charge in [-0.1, -0.05) is 23.7 Å². The normalized spacial score (nSPS) is 16.5. The molecule has 0 bridgehead atoms. The van der Waals surface area contributed by atoms with Crippen LogP contribution in [0.2, 0.25) is 5.02 Å². The van der Waals surface area contributed by atoms with Gasteiger partial charge in [0.25, 0.3) is 5.91 Å². The minimum atomic E-state index is -1.05. The van der Waals surface area contributed by atoms with Crippen LogP contribution in [0.15, 0.2) is 42.5 Å². The lowest BCUT2D eigenvalue weighted by Gasteiger charge is -2.28. The topological polar surface area (TPSA) is 107 Å². The lowest BCUT2D eigenvalue weighted by molar-refractivity contribution is -0.121. The van der Waals surface area contributed by atoms with Crippen LogP contribution in [-0.4, -0.2) is 45.5 Å². The Hall–Kier alpha value is -2.90. The van der Waals surface area contributed by atoms with E-state index in [-0.39, 0.29) is 31.0 Å². The number of carbonyl (C=O) groups excluding carboxylic acids is 2. The highest BCUT2D eigenvalue weighted by atomic mass is 35.5. The molecule has 0 fully saturated rings. The highest BCUT2D eigenvalue weighted by molar-refractivity contribution is 6.31. The van der Waals surface area contributed by atoms with Gasteiger partial charge in [-0.25, -0.2) is 4.79 Å². The molecule has 0 saturated carbocycles. The molecule has 2 amide bonds. The van der Waals surface area contributed by atoms with Gasteiger partial charge in [-0.2, -0.15) is 0 Å². The zero-order chi connectivity index (χ0) is 19.6. The first-order valence-electron chi connectivity index (χ1n) is 8.25. The molecule has 0 spiro atoms. The van der Waals surface area contributed by atoms with E-state index in [1.54, 1.807) is 24.3 Å². The summed E-state index contributed by atoms with van der Waals surface area (Å²) in [5.74, 6) is -1.84. The number of carboxylic acids is 1. The van der Waals surface area contributed by atoms with Crippen LogP contribution in [0.1, 0.15) is 32.7 Å². The number of halogens is 1. The number of carbonyl (C=O) groups is 3. The maximum atomic E-state index is 13.1. The number of rotatable bonds is 5. The monoisotopic (exact) mass is 388 g/mol. The number of hydrogen-bond acceptors (Lipinski definition) is 4. The fourth-order valence-electron chi connectivity index (χ4n) is 3.00. The number of aliphatic hydroxyl groups is 1. The van der Waals surface area contributed by atoms with Crippen molar-refractivity contribution >= 4 is 35.1 Å². The van der Waals surface area contributed by atoms with Crippen LogP contribution in [0.4, 0.5) is 5.69 Å². The molecule has 2 aromatic carbocycles. The third kappa shape index (κ3) is 3.94. The summed E-state index contributed by atoms with van der Waals surface area (Å²) in [4.78, 5) is 38.1. The Labute approximate surface area is 160 Å². The molecule has 3 rings (SSSR count). The lowest BCUT2D eigenvalue weighted by Crippen LogP contribution is -2.45. The van der Waals surface area contributed by atoms with Crippen LogP contribution >= 0.6 is 11.6 Å². The summed E-state index contributed by atoms with van der Waals surface area (Å²) in [6.07, 6.45) is 0.0759. The van der Waals surface area contributed by atoms with E-state index in [4.69, 9.17) is 16.7 Å². The van der Waals surface area contributed by atoms with Gasteiger partial charge in [-0.05, 0) is 42.3 Å². The number of aliphatic hydroxyl groups excluding tert-OH is 1. The van der Waals surface area contributed by atoms with Gasteiger partial charge in [0, 0.05) is 18.2 Å². The Morgan fingerprint density at radius 1 is 1.15 bits per heavy atom. The molecule has 0 aliphatic carbocycles. The van der Waals surface area contributed by atoms with Crippen molar-refractivity contribution in [3.05, 3.63) is 64.2 Å². The van der Waals surface area contributed by atoms with Gasteiger partial charge >= 0.3 is 5.97 Å². The number of amides is 2. The summed E-state index contributed by atoms with van der Waals surface area (Å²) < 4.78 is 0. The molecule has 7 nitrogen and oxygen atoms in total. The van der Waals surface area contributed by atoms with Gasteiger partial charge in [-0.3, -0.25) is 9.59 Å². The van der Waals surface area contributed by atoms with Gasteiger partial charge in [0.1, 0.15) is 6.04 Å². The molecule has 2 aromatic rings. The van der Waals surface area contributed by atoms with E-state index in [2.05, 4.69) is 5.32 Å². The van der Waals surface area contributed by atoms with Crippen molar-refractivity contribution in [3.8, 4) is 0 Å². The summed E-state index contributed by atoms with van der Waals surface area (Å²) in [7, 11) is 0. The fourth-order valence-corrected chi connectivity index (χ4v) is 3.17. The zero-order valence-electron chi connectivity index (χ0n) is 14.2. The number of hydrogen-bond donors (Lipinski definition) is 3. The predicted octanol–water partition coefficient (Wildman–Crippen LogP) is 2.38. The van der Waals surface area contributed by atoms with E-state index < -0.39 is 17.9 Å². The Kier molecular flexibility index (Phi) is 5.43. The number of carboxylic acid groups (broad SMARTS) is 1. The van der Waals surface area contributed by atoms with Crippen LogP contribution in [0, 0.1) is 0 Å². The van der Waals surface area contributed by atoms with E-state index in [1.807, 2.05) is 0 Å². The highest BCUT2D eigenvalue weighted by Crippen LogP contribution is 2.28. The molecular weight excluding hydrogens is 372 g/mol. The quantitative estimate of drug-likeness (QED) is 0.729. The SMILES string of the molecule is O=C(O)c1ccc(CN2C(=O)c3ccc(Cl)cc3NC(=O)C2CCO)cc1. The molecule has 1 atom stereocenters. The zero-order valence-corrected chi connectivity index (χ0v) is 14.9. The number of nitrogens with zero attached hydrogens (tertiary/aromatic N) is 1. The summed E-state index contributed by atoms with van der Waals surface area (Å²) in [5.41, 5.74) is 1.42. The Bertz CT molecular complexity index is 897. The molecule has 0 radical (unpaired) electrons. The van der Waals surface area contributed by atoms with Gasteiger partial charge in [0.2, 0.25) is 5.91 Å². The largest absolute Gasteiger partial charge is 0.478 e. The van der Waals surface area contributed by atoms with Crippen LogP contribution in [0.3, 0.4) is 0 Å². The number of benzene rings is 2. The van der Waals surface area contributed by atoms with Crippen LogP contribution in [0.5, 0.6) is 0 Å². The third-order valence-electron chi connectivity index (χ3n) is 4.37. The van der Waals surface area contributed by atoms with Crippen molar-refractivity contribution in [2.24, 2.45) is 0 Å². The predicted molar refractivity (Wildman–Crippen MR) is 98.8 cm³/mol. The van der Waals surface area contributed by atoms with Crippen LogP contribution in [0.25, 0.3) is 0 Å². The second-order valence-electron chi connectivity index (χ2n) is 6.14. The average Bonchev–Trinajstić information content (AvgIpc) is 2.72. The van der Waals surface area contributed by atoms with Crippen molar-refractivity contribution in [1.82, 2.24) is 4.90 Å². The van der Waals surface area contributed by atoms with Crippen molar-refractivity contribution in [2.75, 3.05) is 11.9 Å². The minimum Gasteiger partial charge on any atom is -0.478 e. The fraction of sp³-hybridized carbons (Fsp3) is 0.211. The van der Waals surface area contributed by atoms with Gasteiger partial charge < -0.3 is 20.4 Å². The molecule has 27 heavy (non-hydrogen) atoms. The minimum absolute atomic E-state index is 0.0759. The standard InChI is InChI=1S/C19H17ClN2O5/c20-13-5-6-14-15(9-13)21-17(24)16(7-8-23)22(18(14)25)10-11-1-3-12(4-2-11)19(26)27/h1-6,9,16,23H,7-8,10H2,(H,21,24)(H,26,27). The first-order valence-corrected chi connectivity index (χ1v) is 8.63. The molecular formula is C19H17ClN2O5. The average molecular weight is 389 g/mol. The Morgan fingerprint density at radius 2 is 1.85 bits per heavy atom. The molecule has 1 aliphatic heterocycles. The Balaban J connectivity index is 1.97. The van der Waals surface area contributed by atoms with E-state index in [9.17, 15) is 19.5 Å². The van der Waals surface area contributed by atoms with Crippen molar-refractivity contribution in [3.63, 3.8) is 0 Å². The maximum absolute atomic E-state index is 13.1. The van der Waals surface area contributed by atoms with Gasteiger partial charge in [0.05, 0.1) is 16.8 Å². The molecule has 0 saturated heterocycles. The van der Waals surface area contributed by atoms with Crippen molar-refractivity contribution in [2.45, 2.75) is 19.0 Å². The van der Waals surface area contributed by atoms with Gasteiger partial charge in [-0.15, -0.1) is 0 Å². The summed E-state index contributed by atoms with van der Waals surface area (Å²) in [5, 5.41) is 21.4. The number of nitrogens with one attached hydrogen (secondary N) is 1. The smallest absolute Gasteiger partial charge is 0.335 e. The maximum Gasteiger partial charge on any atom is 0.335 e. The molecule has 8 heteroatoms. The summed E-state index contributed by atoms with van der Waals surface area (Å²) >= 11 is 5.97. The summed E-state index contributed by atoms with van der Waals surface area (Å²) in [6.45, 7) is -0.171. The first-order chi connectivity index (χ1) is 12.9. The van der Waals surface area contributed by atoms with Crippen LogP contribution in [-0.2, 0) is 11.3 Å². The number of aromatic carboxylic acids is 1.